The lowest BCUT2D eigenvalue weighted by Crippen LogP contribution is -2.53. The highest BCUT2D eigenvalue weighted by Gasteiger charge is 2.61. The molecule has 1 aliphatic heterocycles. The number of sulfone groups is 1. The van der Waals surface area contributed by atoms with Gasteiger partial charge in [0, 0.05) is 12.5 Å². The molecule has 2 aliphatic carbocycles. The van der Waals surface area contributed by atoms with Crippen molar-refractivity contribution in [3.63, 3.8) is 0 Å². The van der Waals surface area contributed by atoms with Gasteiger partial charge in [-0.2, -0.15) is 0 Å². The van der Waals surface area contributed by atoms with E-state index in [0.29, 0.717) is 55.4 Å². The molecule has 2 atom stereocenters. The lowest BCUT2D eigenvalue weighted by atomic mass is 9.77. The van der Waals surface area contributed by atoms with E-state index in [-0.39, 0.29) is 40.5 Å². The Bertz CT molecular complexity index is 1670. The second kappa shape index (κ2) is 11.2. The minimum absolute atomic E-state index is 0.0403. The molecule has 3 aromatic carbocycles. The number of carbonyl (C=O) groups is 2. The molecular weight excluding hydrogens is 600 g/mol. The second-order valence-corrected chi connectivity index (χ2v) is 14.2. The van der Waals surface area contributed by atoms with Gasteiger partial charge in [0.15, 0.2) is 21.4 Å². The van der Waals surface area contributed by atoms with Gasteiger partial charge in [-0.25, -0.2) is 17.2 Å². The van der Waals surface area contributed by atoms with Gasteiger partial charge in [-0.15, -0.1) is 0 Å². The third kappa shape index (κ3) is 4.98. The van der Waals surface area contributed by atoms with E-state index < -0.39 is 44.1 Å². The van der Waals surface area contributed by atoms with Crippen molar-refractivity contribution in [3.8, 4) is 11.5 Å². The van der Waals surface area contributed by atoms with Gasteiger partial charge in [0.25, 0.3) is 0 Å². The maximum atomic E-state index is 14.6. The Labute approximate surface area is 253 Å². The number of fused-ring (bicyclic) bond motifs is 3. The number of hydrogen-bond donors (Lipinski definition) is 1. The number of carboxylic acid groups (broad SMARTS) is 1. The Balaban J connectivity index is 1.39. The summed E-state index contributed by atoms with van der Waals surface area (Å²) in [5, 5.41) is 9.47. The molecule has 226 valence electrons. The van der Waals surface area contributed by atoms with Gasteiger partial charge in [0.2, 0.25) is 5.91 Å². The van der Waals surface area contributed by atoms with Crippen molar-refractivity contribution in [2.75, 3.05) is 6.54 Å². The molecule has 43 heavy (non-hydrogen) atoms. The van der Waals surface area contributed by atoms with Crippen LogP contribution in [0.2, 0.25) is 5.02 Å². The lowest BCUT2D eigenvalue weighted by Gasteiger charge is -2.43. The number of aliphatic carboxylic acids is 1. The van der Waals surface area contributed by atoms with Crippen molar-refractivity contribution in [2.45, 2.75) is 60.6 Å². The van der Waals surface area contributed by atoms with Crippen LogP contribution in [0.3, 0.4) is 0 Å². The fraction of sp³-hybridized carbons (Fsp3) is 0.375. The summed E-state index contributed by atoms with van der Waals surface area (Å²) in [6.07, 6.45) is 2.62. The fourth-order valence-electron chi connectivity index (χ4n) is 7.18. The molecule has 6 rings (SSSR count). The first kappa shape index (κ1) is 29.6. The molecule has 7 nitrogen and oxygen atoms in total. The standard InChI is InChI=1S/C32H30ClF2NO6S/c33-26-2-1-3-27(35)29(26)42-23-11-14-25-21(18-23)8-15-28-32(25,43(40,41)24-12-9-22(34)10-13-24)16-17-36(28)30(37)19-4-6-20(7-5-19)31(38)39/h1-3,9-14,18-20,28H,4-8,15-17H2,(H,38,39)/t19-,20-,28-,32-/m1/s1. The molecule has 0 radical (unpaired) electrons. The number of hydrogen-bond acceptors (Lipinski definition) is 5. The number of ether oxygens (including phenoxy) is 1. The first-order chi connectivity index (χ1) is 20.5. The minimum Gasteiger partial charge on any atom is -0.481 e. The van der Waals surface area contributed by atoms with E-state index >= 15 is 0 Å². The van der Waals surface area contributed by atoms with Crippen LogP contribution in [-0.4, -0.2) is 42.9 Å². The monoisotopic (exact) mass is 629 g/mol. The van der Waals surface area contributed by atoms with E-state index in [1.165, 1.54) is 30.3 Å². The fourth-order valence-corrected chi connectivity index (χ4v) is 9.74. The smallest absolute Gasteiger partial charge is 0.306 e. The molecule has 0 unspecified atom stereocenters. The number of carboxylic acids is 1. The summed E-state index contributed by atoms with van der Waals surface area (Å²) >= 11 is 6.15. The van der Waals surface area contributed by atoms with E-state index in [0.717, 1.165) is 12.1 Å². The Kier molecular flexibility index (Phi) is 7.71. The summed E-state index contributed by atoms with van der Waals surface area (Å²) in [7, 11) is -4.15. The SMILES string of the molecule is O=C(O)[C@H]1CC[C@H](C(=O)N2CC[C@@]3(S(=O)(=O)c4ccc(F)cc4)c4ccc(Oc5c(F)cccc5Cl)cc4CC[C@@H]23)CC1. The summed E-state index contributed by atoms with van der Waals surface area (Å²) in [4.78, 5) is 27.0. The largest absolute Gasteiger partial charge is 0.481 e. The molecule has 1 N–H and O–H groups in total. The predicted octanol–water partition coefficient (Wildman–Crippen LogP) is 6.52. The maximum absolute atomic E-state index is 14.6. The van der Waals surface area contributed by atoms with E-state index in [4.69, 9.17) is 16.3 Å². The van der Waals surface area contributed by atoms with Crippen molar-refractivity contribution in [2.24, 2.45) is 11.8 Å². The lowest BCUT2D eigenvalue weighted by molar-refractivity contribution is -0.146. The third-order valence-corrected chi connectivity index (χ3v) is 12.2. The Morgan fingerprint density at radius 2 is 1.65 bits per heavy atom. The molecular formula is C32H30ClF2NO6S. The van der Waals surface area contributed by atoms with Gasteiger partial charge in [0.05, 0.1) is 21.9 Å². The van der Waals surface area contributed by atoms with E-state index in [2.05, 4.69) is 0 Å². The van der Waals surface area contributed by atoms with Gasteiger partial charge >= 0.3 is 5.97 Å². The maximum Gasteiger partial charge on any atom is 0.306 e. The normalized spacial score (nSPS) is 25.1. The summed E-state index contributed by atoms with van der Waals surface area (Å²) in [5.41, 5.74) is 1.23. The highest BCUT2D eigenvalue weighted by molar-refractivity contribution is 7.92. The number of para-hydroxylation sites is 1. The van der Waals surface area contributed by atoms with Crippen LogP contribution in [0.4, 0.5) is 8.78 Å². The van der Waals surface area contributed by atoms with Crippen molar-refractivity contribution in [3.05, 3.63) is 88.4 Å². The number of aryl methyl sites for hydroxylation is 1. The topological polar surface area (TPSA) is 101 Å². The van der Waals surface area contributed by atoms with Crippen LogP contribution < -0.4 is 4.74 Å². The highest BCUT2D eigenvalue weighted by atomic mass is 35.5. The third-order valence-electron chi connectivity index (χ3n) is 9.31. The van der Waals surface area contributed by atoms with Crippen LogP contribution in [0.15, 0.2) is 65.6 Å². The first-order valence-electron chi connectivity index (χ1n) is 14.3. The Hall–Kier alpha value is -3.50. The molecule has 3 aliphatic rings. The molecule has 1 saturated carbocycles. The van der Waals surface area contributed by atoms with Crippen LogP contribution in [0.1, 0.15) is 49.7 Å². The predicted molar refractivity (Wildman–Crippen MR) is 155 cm³/mol. The molecule has 1 heterocycles. The van der Waals surface area contributed by atoms with Crippen molar-refractivity contribution in [1.82, 2.24) is 4.90 Å². The van der Waals surface area contributed by atoms with Crippen molar-refractivity contribution < 1.29 is 36.6 Å². The summed E-state index contributed by atoms with van der Waals surface area (Å²) in [5.74, 6) is -2.90. The number of benzene rings is 3. The Morgan fingerprint density at radius 1 is 0.953 bits per heavy atom. The second-order valence-electron chi connectivity index (χ2n) is 11.5. The average Bonchev–Trinajstić information content (AvgIpc) is 3.40. The number of rotatable bonds is 6. The van der Waals surface area contributed by atoms with Crippen LogP contribution in [0, 0.1) is 23.5 Å². The average molecular weight is 630 g/mol. The van der Waals surface area contributed by atoms with Gasteiger partial charge < -0.3 is 14.7 Å². The number of nitrogens with zero attached hydrogens (tertiary/aromatic N) is 1. The van der Waals surface area contributed by atoms with Gasteiger partial charge in [0.1, 0.15) is 16.3 Å². The summed E-state index contributed by atoms with van der Waals surface area (Å²) in [6.45, 7) is 0.214. The Morgan fingerprint density at radius 3 is 2.33 bits per heavy atom. The molecule has 11 heteroatoms. The molecule has 0 aromatic heterocycles. The molecule has 3 aromatic rings. The van der Waals surface area contributed by atoms with Crippen molar-refractivity contribution >= 4 is 33.3 Å². The van der Waals surface area contributed by atoms with Crippen LogP contribution >= 0.6 is 11.6 Å². The number of amides is 1. The molecule has 0 bridgehead atoms. The van der Waals surface area contributed by atoms with Gasteiger partial charge in [-0.05, 0) is 105 Å². The first-order valence-corrected chi connectivity index (χ1v) is 16.2. The summed E-state index contributed by atoms with van der Waals surface area (Å²) in [6, 6.07) is 13.2. The van der Waals surface area contributed by atoms with Crippen LogP contribution in [-0.2, 0) is 30.6 Å². The zero-order chi connectivity index (χ0) is 30.5. The number of carbonyl (C=O) groups excluding carboxylic acids is 1. The molecule has 2 fully saturated rings. The molecule has 0 spiro atoms. The quantitative estimate of drug-likeness (QED) is 0.312. The summed E-state index contributed by atoms with van der Waals surface area (Å²) < 4.78 is 61.7. The zero-order valence-electron chi connectivity index (χ0n) is 23.1. The van der Waals surface area contributed by atoms with E-state index in [1.54, 1.807) is 23.1 Å². The minimum atomic E-state index is -4.15. The van der Waals surface area contributed by atoms with Gasteiger partial charge in [-0.3, -0.25) is 9.59 Å². The zero-order valence-corrected chi connectivity index (χ0v) is 24.7. The van der Waals surface area contributed by atoms with E-state index in [9.17, 15) is 31.9 Å². The molecule has 1 amide bonds. The highest BCUT2D eigenvalue weighted by Crippen LogP contribution is 2.54. The molecule has 1 saturated heterocycles. The van der Waals surface area contributed by atoms with Crippen molar-refractivity contribution in [1.29, 1.82) is 0 Å². The van der Waals surface area contributed by atoms with Crippen LogP contribution in [0.5, 0.6) is 11.5 Å². The van der Waals surface area contributed by atoms with E-state index in [1.807, 2.05) is 0 Å². The van der Waals surface area contributed by atoms with Gasteiger partial charge in [-0.1, -0.05) is 23.7 Å². The number of likely N-dealkylation sites (tertiary alicyclic amines) is 1. The van der Waals surface area contributed by atoms with Crippen LogP contribution in [0.25, 0.3) is 0 Å². The number of halogens is 3.